The Labute approximate surface area is 220 Å². The molecule has 1 saturated heterocycles. The summed E-state index contributed by atoms with van der Waals surface area (Å²) < 4.78 is 16.6. The molecule has 3 N–H and O–H groups in total. The molecule has 0 aromatic heterocycles. The molecule has 1 heterocycles. The van der Waals surface area contributed by atoms with E-state index in [4.69, 9.17) is 14.2 Å². The molecule has 3 aromatic carbocycles. The van der Waals surface area contributed by atoms with E-state index in [1.807, 2.05) is 37.3 Å². The number of hydrogen-bond donors (Lipinski definition) is 3. The fraction of sp³-hybridized carbons (Fsp3) is 0.250. The van der Waals surface area contributed by atoms with Crippen LogP contribution in [-0.4, -0.2) is 44.6 Å². The van der Waals surface area contributed by atoms with E-state index in [-0.39, 0.29) is 43.0 Å². The number of para-hydroxylation sites is 2. The van der Waals surface area contributed by atoms with Crippen molar-refractivity contribution in [3.05, 3.63) is 72.8 Å². The number of ether oxygens (including phenoxy) is 3. The highest BCUT2D eigenvalue weighted by molar-refractivity contribution is 6.00. The molecule has 198 valence electrons. The van der Waals surface area contributed by atoms with Crippen LogP contribution in [0, 0.1) is 5.92 Å². The number of nitrogens with one attached hydrogen (secondary N) is 3. The second kappa shape index (κ2) is 12.5. The minimum atomic E-state index is -0.523. The molecule has 38 heavy (non-hydrogen) atoms. The van der Waals surface area contributed by atoms with Gasteiger partial charge in [-0.25, -0.2) is 0 Å². The van der Waals surface area contributed by atoms with Crippen LogP contribution < -0.4 is 35.3 Å². The zero-order valence-corrected chi connectivity index (χ0v) is 21.2. The van der Waals surface area contributed by atoms with E-state index in [0.717, 1.165) is 5.69 Å². The summed E-state index contributed by atoms with van der Waals surface area (Å²) in [6.07, 6.45) is 0.107. The van der Waals surface area contributed by atoms with Crippen molar-refractivity contribution in [2.24, 2.45) is 5.92 Å². The SMILES string of the molecule is CCOc1ccc(NC(=O)COc2c(NNC(=O)[C@H]3CC(=O)N(c4ccccc4)C3)cccc2OC)cc1. The summed E-state index contributed by atoms with van der Waals surface area (Å²) in [7, 11) is 1.48. The Morgan fingerprint density at radius 1 is 0.974 bits per heavy atom. The topological polar surface area (TPSA) is 118 Å². The molecule has 0 spiro atoms. The molecule has 10 heteroatoms. The van der Waals surface area contributed by atoms with Gasteiger partial charge in [-0.3, -0.25) is 25.2 Å². The molecule has 1 aliphatic rings. The summed E-state index contributed by atoms with van der Waals surface area (Å²) in [4.78, 5) is 39.4. The smallest absolute Gasteiger partial charge is 0.262 e. The summed E-state index contributed by atoms with van der Waals surface area (Å²) in [6, 6.07) is 21.3. The lowest BCUT2D eigenvalue weighted by Crippen LogP contribution is -2.36. The van der Waals surface area contributed by atoms with Gasteiger partial charge in [0.15, 0.2) is 18.1 Å². The average Bonchev–Trinajstić information content (AvgIpc) is 3.34. The monoisotopic (exact) mass is 518 g/mol. The molecule has 0 bridgehead atoms. The fourth-order valence-corrected chi connectivity index (χ4v) is 4.03. The normalized spacial score (nSPS) is 14.5. The molecular weight excluding hydrogens is 488 g/mol. The minimum absolute atomic E-state index is 0.107. The van der Waals surface area contributed by atoms with Crippen LogP contribution in [0.2, 0.25) is 0 Å². The van der Waals surface area contributed by atoms with Gasteiger partial charge in [0.1, 0.15) is 5.75 Å². The standard InChI is InChI=1S/C28H30N4O6/c1-3-37-22-14-12-20(13-15-22)29-25(33)18-38-27-23(10-7-11-24(27)36-2)30-31-28(35)19-16-26(34)32(17-19)21-8-5-4-6-9-21/h4-15,19,30H,3,16-18H2,1-2H3,(H,29,33)(H,31,35)/t19-/m0/s1. The second-order valence-electron chi connectivity index (χ2n) is 8.49. The Morgan fingerprint density at radius 3 is 2.45 bits per heavy atom. The fourth-order valence-electron chi connectivity index (χ4n) is 4.03. The number of hydrazine groups is 1. The van der Waals surface area contributed by atoms with Gasteiger partial charge in [-0.15, -0.1) is 0 Å². The molecule has 3 aromatic rings. The molecule has 0 unspecified atom stereocenters. The lowest BCUT2D eigenvalue weighted by molar-refractivity contribution is -0.125. The highest BCUT2D eigenvalue weighted by Gasteiger charge is 2.35. The molecule has 1 atom stereocenters. The summed E-state index contributed by atoms with van der Waals surface area (Å²) in [5.41, 5.74) is 7.25. The third-order valence-corrected chi connectivity index (χ3v) is 5.88. The van der Waals surface area contributed by atoms with E-state index in [1.54, 1.807) is 47.4 Å². The molecule has 10 nitrogen and oxygen atoms in total. The summed E-state index contributed by atoms with van der Waals surface area (Å²) in [6.45, 7) is 2.44. The maximum absolute atomic E-state index is 12.8. The Bertz CT molecular complexity index is 1270. The molecule has 4 rings (SSSR count). The molecular formula is C28H30N4O6. The van der Waals surface area contributed by atoms with Gasteiger partial charge in [0.2, 0.25) is 11.8 Å². The predicted molar refractivity (Wildman–Crippen MR) is 143 cm³/mol. The number of methoxy groups -OCH3 is 1. The maximum Gasteiger partial charge on any atom is 0.262 e. The van der Waals surface area contributed by atoms with E-state index >= 15 is 0 Å². The van der Waals surface area contributed by atoms with Crippen LogP contribution in [0.4, 0.5) is 17.1 Å². The Balaban J connectivity index is 1.35. The third kappa shape index (κ3) is 6.52. The van der Waals surface area contributed by atoms with E-state index in [0.29, 0.717) is 29.5 Å². The second-order valence-corrected chi connectivity index (χ2v) is 8.49. The quantitative estimate of drug-likeness (QED) is 0.332. The van der Waals surface area contributed by atoms with Gasteiger partial charge in [0.25, 0.3) is 5.91 Å². The molecule has 3 amide bonds. The van der Waals surface area contributed by atoms with Crippen molar-refractivity contribution in [2.75, 3.05) is 42.5 Å². The van der Waals surface area contributed by atoms with Gasteiger partial charge in [-0.05, 0) is 55.5 Å². The predicted octanol–water partition coefficient (Wildman–Crippen LogP) is 3.61. The highest BCUT2D eigenvalue weighted by Crippen LogP contribution is 2.35. The number of anilines is 3. The van der Waals surface area contributed by atoms with Crippen molar-refractivity contribution in [3.8, 4) is 17.2 Å². The number of hydrogen-bond acceptors (Lipinski definition) is 7. The lowest BCUT2D eigenvalue weighted by atomic mass is 10.1. The van der Waals surface area contributed by atoms with Gasteiger partial charge >= 0.3 is 0 Å². The van der Waals surface area contributed by atoms with Crippen molar-refractivity contribution in [2.45, 2.75) is 13.3 Å². The van der Waals surface area contributed by atoms with Gasteiger partial charge < -0.3 is 24.4 Å². The molecule has 1 aliphatic heterocycles. The molecule has 1 fully saturated rings. The zero-order chi connectivity index (χ0) is 26.9. The van der Waals surface area contributed by atoms with Crippen molar-refractivity contribution < 1.29 is 28.6 Å². The van der Waals surface area contributed by atoms with E-state index in [1.165, 1.54) is 7.11 Å². The Hall–Kier alpha value is -4.73. The Morgan fingerprint density at radius 2 is 1.74 bits per heavy atom. The van der Waals surface area contributed by atoms with Crippen LogP contribution in [0.1, 0.15) is 13.3 Å². The minimum Gasteiger partial charge on any atom is -0.494 e. The lowest BCUT2D eigenvalue weighted by Gasteiger charge is -2.18. The van der Waals surface area contributed by atoms with Crippen LogP contribution >= 0.6 is 0 Å². The number of benzene rings is 3. The number of rotatable bonds is 11. The Kier molecular flexibility index (Phi) is 8.65. The van der Waals surface area contributed by atoms with E-state index in [9.17, 15) is 14.4 Å². The van der Waals surface area contributed by atoms with Crippen LogP contribution in [0.5, 0.6) is 17.2 Å². The maximum atomic E-state index is 12.8. The number of carbonyl (C=O) groups excluding carboxylic acids is 3. The van der Waals surface area contributed by atoms with Crippen LogP contribution in [-0.2, 0) is 14.4 Å². The molecule has 0 radical (unpaired) electrons. The third-order valence-electron chi connectivity index (χ3n) is 5.88. The first-order valence-electron chi connectivity index (χ1n) is 12.2. The van der Waals surface area contributed by atoms with Gasteiger partial charge in [0.05, 0.1) is 25.3 Å². The van der Waals surface area contributed by atoms with Gasteiger partial charge in [0, 0.05) is 24.3 Å². The van der Waals surface area contributed by atoms with Crippen molar-refractivity contribution in [1.82, 2.24) is 5.43 Å². The first-order valence-corrected chi connectivity index (χ1v) is 12.2. The summed E-state index contributed by atoms with van der Waals surface area (Å²) >= 11 is 0. The molecule has 0 saturated carbocycles. The first-order chi connectivity index (χ1) is 18.5. The number of nitrogens with zero attached hydrogens (tertiary/aromatic N) is 1. The molecule has 0 aliphatic carbocycles. The summed E-state index contributed by atoms with van der Waals surface area (Å²) in [5.74, 6) is 0.00271. The van der Waals surface area contributed by atoms with Crippen molar-refractivity contribution in [3.63, 3.8) is 0 Å². The van der Waals surface area contributed by atoms with Crippen LogP contribution in [0.25, 0.3) is 0 Å². The van der Waals surface area contributed by atoms with Crippen LogP contribution in [0.3, 0.4) is 0 Å². The first kappa shape index (κ1) is 26.3. The highest BCUT2D eigenvalue weighted by atomic mass is 16.5. The van der Waals surface area contributed by atoms with Gasteiger partial charge in [-0.1, -0.05) is 24.3 Å². The summed E-state index contributed by atoms with van der Waals surface area (Å²) in [5, 5.41) is 2.76. The average molecular weight is 519 g/mol. The van der Waals surface area contributed by atoms with Crippen LogP contribution in [0.15, 0.2) is 72.8 Å². The number of amides is 3. The van der Waals surface area contributed by atoms with Crippen molar-refractivity contribution >= 4 is 34.8 Å². The van der Waals surface area contributed by atoms with Gasteiger partial charge in [-0.2, -0.15) is 0 Å². The largest absolute Gasteiger partial charge is 0.494 e. The van der Waals surface area contributed by atoms with E-state index < -0.39 is 5.92 Å². The van der Waals surface area contributed by atoms with E-state index in [2.05, 4.69) is 16.2 Å². The zero-order valence-electron chi connectivity index (χ0n) is 21.2. The van der Waals surface area contributed by atoms with Crippen molar-refractivity contribution in [1.29, 1.82) is 0 Å². The number of carbonyl (C=O) groups is 3.